The average Bonchev–Trinajstić information content (AvgIpc) is 2.91. The van der Waals surface area contributed by atoms with E-state index in [2.05, 4.69) is 33.5 Å². The number of aliphatic hydroxyl groups is 1. The second-order valence-electron chi connectivity index (χ2n) is 9.82. The summed E-state index contributed by atoms with van der Waals surface area (Å²) >= 11 is 0. The van der Waals surface area contributed by atoms with Gasteiger partial charge in [0.1, 0.15) is 6.04 Å². The molecular weight excluding hydrogens is 517 g/mol. The van der Waals surface area contributed by atoms with Gasteiger partial charge in [-0.3, -0.25) is 28.8 Å². The number of nitrogens with one attached hydrogen (secondary N) is 5. The van der Waals surface area contributed by atoms with Gasteiger partial charge in [0, 0.05) is 19.4 Å². The number of unbranched alkanes of at least 4 members (excludes halogenated alkanes) is 3. The van der Waals surface area contributed by atoms with Crippen LogP contribution in [0, 0.1) is 0 Å². The van der Waals surface area contributed by atoms with Crippen molar-refractivity contribution in [2.75, 3.05) is 26.2 Å². The zero-order chi connectivity index (χ0) is 30.0. The van der Waals surface area contributed by atoms with Gasteiger partial charge in [-0.15, -0.1) is 0 Å². The Labute approximate surface area is 236 Å². The fraction of sp³-hybridized carbons (Fsp3) is 0.556. The largest absolute Gasteiger partial charge is 0.391 e. The molecule has 0 aliphatic rings. The number of amides is 5. The number of hydrogen-bond acceptors (Lipinski definition) is 7. The van der Waals surface area contributed by atoms with Gasteiger partial charge < -0.3 is 31.7 Å². The predicted molar refractivity (Wildman–Crippen MR) is 152 cm³/mol. The Kier molecular flexibility index (Phi) is 15.9. The van der Waals surface area contributed by atoms with Crippen molar-refractivity contribution in [3.05, 3.63) is 35.9 Å². The molecule has 1 aromatic carbocycles. The smallest absolute Gasteiger partial charge is 0.243 e. The molecule has 0 aromatic heterocycles. The van der Waals surface area contributed by atoms with E-state index in [0.29, 0.717) is 6.42 Å². The van der Waals surface area contributed by atoms with Crippen LogP contribution in [0.5, 0.6) is 0 Å². The first-order valence-corrected chi connectivity index (χ1v) is 13.6. The third-order valence-corrected chi connectivity index (χ3v) is 6.20. The molecule has 40 heavy (non-hydrogen) atoms. The fourth-order valence-corrected chi connectivity index (χ4v) is 3.50. The molecule has 0 spiro atoms. The molecule has 1 aromatic rings. The van der Waals surface area contributed by atoms with E-state index in [0.717, 1.165) is 31.2 Å². The highest BCUT2D eigenvalue weighted by atomic mass is 16.3. The van der Waals surface area contributed by atoms with E-state index in [4.69, 9.17) is 0 Å². The van der Waals surface area contributed by atoms with Crippen LogP contribution in [0.15, 0.2) is 30.3 Å². The molecule has 0 fully saturated rings. The maximum absolute atomic E-state index is 12.8. The average molecular weight is 559 g/mol. The number of ketones is 1. The Morgan fingerprint density at radius 1 is 0.825 bits per heavy atom. The van der Waals surface area contributed by atoms with Gasteiger partial charge >= 0.3 is 0 Å². The summed E-state index contributed by atoms with van der Waals surface area (Å²) in [6, 6.07) is 7.92. The normalized spacial score (nSPS) is 12.8. The molecule has 2 atom stereocenters. The highest BCUT2D eigenvalue weighted by Gasteiger charge is 2.26. The minimum absolute atomic E-state index is 0.0169. The zero-order valence-electron chi connectivity index (χ0n) is 23.6. The summed E-state index contributed by atoms with van der Waals surface area (Å²) in [5, 5.41) is 22.4. The van der Waals surface area contributed by atoms with E-state index in [1.807, 2.05) is 6.07 Å². The van der Waals surface area contributed by atoms with Crippen molar-refractivity contribution >= 4 is 43.2 Å². The third kappa shape index (κ3) is 15.0. The number of Topliss-reactive ketones (excluding diaryl/α,β-unsaturated/α-hetero) is 1. The van der Waals surface area contributed by atoms with Crippen LogP contribution in [0.4, 0.5) is 0 Å². The second kappa shape index (κ2) is 18.5. The zero-order valence-corrected chi connectivity index (χ0v) is 23.6. The lowest BCUT2D eigenvalue weighted by Crippen LogP contribution is -2.52. The molecule has 12 nitrogen and oxygen atoms in total. The Morgan fingerprint density at radius 3 is 2.08 bits per heavy atom. The molecule has 0 heterocycles. The van der Waals surface area contributed by atoms with Crippen molar-refractivity contribution in [3.8, 4) is 0 Å². The number of benzene rings is 1. The number of hydrogen-bond donors (Lipinski definition) is 6. The first kappa shape index (κ1) is 34.3. The molecule has 0 aliphatic heterocycles. The highest BCUT2D eigenvalue weighted by Crippen LogP contribution is 2.06. The van der Waals surface area contributed by atoms with Crippen LogP contribution in [0.25, 0.3) is 0 Å². The summed E-state index contributed by atoms with van der Waals surface area (Å²) < 4.78 is 0. The molecule has 0 saturated heterocycles. The van der Waals surface area contributed by atoms with Gasteiger partial charge in [-0.1, -0.05) is 56.5 Å². The highest BCUT2D eigenvalue weighted by molar-refractivity contribution is 6.27. The summed E-state index contributed by atoms with van der Waals surface area (Å²) in [7, 11) is 1.36. The number of rotatable bonds is 19. The number of carbonyl (C=O) groups excluding carboxylic acids is 6. The van der Waals surface area contributed by atoms with Gasteiger partial charge in [-0.2, -0.15) is 0 Å². The minimum atomic E-state index is -1.56. The van der Waals surface area contributed by atoms with Crippen LogP contribution < -0.4 is 26.6 Å². The summed E-state index contributed by atoms with van der Waals surface area (Å²) in [6.45, 7) is 2.32. The number of carbonyl (C=O) groups is 6. The first-order valence-electron chi connectivity index (χ1n) is 13.6. The van der Waals surface area contributed by atoms with Crippen molar-refractivity contribution in [1.82, 2.24) is 26.6 Å². The Hall–Kier alpha value is -3.74. The SMILES string of the molecule is BC(O)(CCNC(=O)CNC(=O)C(Cc1ccccc1)NC(=O)CNC(=O)CNC(=O)CCCCCC)C(C)=O. The Morgan fingerprint density at radius 2 is 1.43 bits per heavy atom. The Balaban J connectivity index is 2.55. The van der Waals surface area contributed by atoms with E-state index in [9.17, 15) is 33.9 Å². The lowest BCUT2D eigenvalue weighted by Gasteiger charge is -2.20. The molecule has 6 N–H and O–H groups in total. The monoisotopic (exact) mass is 559 g/mol. The summed E-state index contributed by atoms with van der Waals surface area (Å²) in [4.78, 5) is 72.7. The van der Waals surface area contributed by atoms with E-state index < -0.39 is 47.5 Å². The molecule has 0 aliphatic carbocycles. The molecule has 1 rings (SSSR count). The minimum Gasteiger partial charge on any atom is -0.391 e. The fourth-order valence-electron chi connectivity index (χ4n) is 3.50. The van der Waals surface area contributed by atoms with Gasteiger partial charge in [-0.05, 0) is 25.3 Å². The van der Waals surface area contributed by atoms with E-state index in [1.165, 1.54) is 14.8 Å². The lowest BCUT2D eigenvalue weighted by molar-refractivity contribution is -0.131. The topological polar surface area (TPSA) is 183 Å². The van der Waals surface area contributed by atoms with Crippen LogP contribution in [0.3, 0.4) is 0 Å². The maximum atomic E-state index is 12.8. The van der Waals surface area contributed by atoms with Crippen LogP contribution in [0.1, 0.15) is 57.9 Å². The first-order chi connectivity index (χ1) is 18.9. The third-order valence-electron chi connectivity index (χ3n) is 6.20. The van der Waals surface area contributed by atoms with Crippen molar-refractivity contribution in [2.24, 2.45) is 0 Å². The molecule has 5 amide bonds. The molecule has 0 radical (unpaired) electrons. The standard InChI is InChI=1S/C27H42BN5O7/c1-3-4-5-9-12-22(35)30-16-24(37)31-18-25(38)33-21(15-20-10-7-6-8-11-20)26(39)32-17-23(36)29-14-13-27(28,40)19(2)34/h6-8,10-11,21,40H,3-5,9,12-18,28H2,1-2H3,(H,29,36)(H,30,35)(H,31,37)(H,32,39)(H,33,38). The van der Waals surface area contributed by atoms with Crippen molar-refractivity contribution in [1.29, 1.82) is 0 Å². The van der Waals surface area contributed by atoms with Crippen molar-refractivity contribution in [2.45, 2.75) is 70.3 Å². The van der Waals surface area contributed by atoms with Crippen LogP contribution in [0.2, 0.25) is 0 Å². The van der Waals surface area contributed by atoms with Gasteiger partial charge in [0.2, 0.25) is 29.5 Å². The van der Waals surface area contributed by atoms with Gasteiger partial charge in [0.05, 0.1) is 25.1 Å². The summed E-state index contributed by atoms with van der Waals surface area (Å²) in [6.07, 6.45) is 4.30. The summed E-state index contributed by atoms with van der Waals surface area (Å²) in [5.41, 5.74) is -0.791. The van der Waals surface area contributed by atoms with Crippen molar-refractivity contribution < 1.29 is 33.9 Å². The molecule has 13 heteroatoms. The van der Waals surface area contributed by atoms with Crippen LogP contribution in [-0.2, 0) is 35.2 Å². The van der Waals surface area contributed by atoms with E-state index >= 15 is 0 Å². The van der Waals surface area contributed by atoms with Gasteiger partial charge in [0.15, 0.2) is 13.6 Å². The van der Waals surface area contributed by atoms with Crippen molar-refractivity contribution in [3.63, 3.8) is 0 Å². The maximum Gasteiger partial charge on any atom is 0.243 e. The van der Waals surface area contributed by atoms with E-state index in [1.54, 1.807) is 24.3 Å². The van der Waals surface area contributed by atoms with Crippen LogP contribution in [-0.4, -0.2) is 86.0 Å². The quantitative estimate of drug-likeness (QED) is 0.0876. The van der Waals surface area contributed by atoms with E-state index in [-0.39, 0.29) is 38.4 Å². The van der Waals surface area contributed by atoms with Gasteiger partial charge in [-0.25, -0.2) is 0 Å². The molecule has 0 bridgehead atoms. The molecule has 220 valence electrons. The molecule has 2 unspecified atom stereocenters. The Bertz CT molecular complexity index is 1000. The van der Waals surface area contributed by atoms with Crippen LogP contribution >= 0.6 is 0 Å². The second-order valence-corrected chi connectivity index (χ2v) is 9.82. The van der Waals surface area contributed by atoms with Gasteiger partial charge in [0.25, 0.3) is 0 Å². The lowest BCUT2D eigenvalue weighted by atomic mass is 9.76. The summed E-state index contributed by atoms with van der Waals surface area (Å²) in [5.74, 6) is -2.95. The predicted octanol–water partition coefficient (Wildman–Crippen LogP) is -1.55. The molecule has 0 saturated carbocycles. The molecular formula is C27H42BN5O7.